The number of carbonyl (C=O) groups excluding carboxylic acids is 1. The highest BCUT2D eigenvalue weighted by atomic mass is 16.5. The molecule has 9 nitrogen and oxygen atoms in total. The number of H-pyrrole nitrogens is 1. The van der Waals surface area contributed by atoms with Gasteiger partial charge in [-0.1, -0.05) is 5.16 Å². The van der Waals surface area contributed by atoms with Crippen molar-refractivity contribution in [1.82, 2.24) is 36.0 Å². The normalized spacial score (nSPS) is 18.3. The lowest BCUT2D eigenvalue weighted by Crippen LogP contribution is -2.27. The predicted octanol–water partition coefficient (Wildman–Crippen LogP) is -0.415. The average molecular weight is 277 g/mol. The first-order chi connectivity index (χ1) is 9.83. The van der Waals surface area contributed by atoms with E-state index in [-0.39, 0.29) is 17.8 Å². The predicted molar refractivity (Wildman–Crippen MR) is 66.7 cm³/mol. The molecule has 9 heteroatoms. The number of amides is 1. The highest BCUT2D eigenvalue weighted by Gasteiger charge is 2.24. The number of rotatable bonds is 5. The second kappa shape index (κ2) is 5.78. The van der Waals surface area contributed by atoms with E-state index in [1.807, 2.05) is 0 Å². The molecule has 106 valence electrons. The molecule has 1 saturated heterocycles. The summed E-state index contributed by atoms with van der Waals surface area (Å²) in [6.07, 6.45) is 4.03. The van der Waals surface area contributed by atoms with Gasteiger partial charge in [-0.2, -0.15) is 10.1 Å². The molecule has 3 N–H and O–H groups in total. The molecule has 0 aliphatic carbocycles. The Morgan fingerprint density at radius 2 is 2.50 bits per heavy atom. The van der Waals surface area contributed by atoms with Gasteiger partial charge in [-0.3, -0.25) is 9.89 Å². The Labute approximate surface area is 114 Å². The third kappa shape index (κ3) is 2.82. The molecule has 1 unspecified atom stereocenters. The average Bonchev–Trinajstić information content (AvgIpc) is 3.20. The van der Waals surface area contributed by atoms with Gasteiger partial charge >= 0.3 is 0 Å². The molecule has 3 rings (SSSR count). The first-order valence-electron chi connectivity index (χ1n) is 6.52. The molecule has 0 saturated carbocycles. The van der Waals surface area contributed by atoms with E-state index in [2.05, 4.69) is 36.0 Å². The molecule has 1 atom stereocenters. The molecule has 2 aromatic rings. The Bertz CT molecular complexity index is 559. The molecule has 0 aromatic carbocycles. The van der Waals surface area contributed by atoms with Gasteiger partial charge in [-0.25, -0.2) is 4.98 Å². The van der Waals surface area contributed by atoms with Gasteiger partial charge in [0.25, 0.3) is 11.7 Å². The SMILES string of the molecule is O=C(NCCc1ncn[nH]1)c1noc(C2CCCN2)n1. The van der Waals surface area contributed by atoms with Crippen molar-refractivity contribution in [2.45, 2.75) is 25.3 Å². The Balaban J connectivity index is 1.51. The monoisotopic (exact) mass is 277 g/mol. The van der Waals surface area contributed by atoms with Crippen LogP contribution in [0, 0.1) is 0 Å². The van der Waals surface area contributed by atoms with Crippen molar-refractivity contribution in [1.29, 1.82) is 0 Å². The largest absolute Gasteiger partial charge is 0.349 e. The van der Waals surface area contributed by atoms with Gasteiger partial charge in [0.1, 0.15) is 12.2 Å². The maximum atomic E-state index is 11.8. The van der Waals surface area contributed by atoms with Gasteiger partial charge in [0, 0.05) is 13.0 Å². The van der Waals surface area contributed by atoms with Gasteiger partial charge in [-0.15, -0.1) is 0 Å². The van der Waals surface area contributed by atoms with Crippen LogP contribution in [0.15, 0.2) is 10.9 Å². The van der Waals surface area contributed by atoms with Crippen molar-refractivity contribution in [3.8, 4) is 0 Å². The zero-order valence-corrected chi connectivity index (χ0v) is 10.8. The summed E-state index contributed by atoms with van der Waals surface area (Å²) in [5.74, 6) is 0.904. The highest BCUT2D eigenvalue weighted by Crippen LogP contribution is 2.20. The number of hydrogen-bond acceptors (Lipinski definition) is 7. The smallest absolute Gasteiger partial charge is 0.292 e. The van der Waals surface area contributed by atoms with Gasteiger partial charge in [-0.05, 0) is 19.4 Å². The maximum absolute atomic E-state index is 11.8. The molecule has 1 aliphatic rings. The van der Waals surface area contributed by atoms with Crippen LogP contribution in [0.2, 0.25) is 0 Å². The van der Waals surface area contributed by atoms with E-state index in [0.29, 0.717) is 24.7 Å². The van der Waals surface area contributed by atoms with Crippen LogP contribution >= 0.6 is 0 Å². The second-order valence-electron chi connectivity index (χ2n) is 4.54. The third-order valence-electron chi connectivity index (χ3n) is 3.12. The summed E-state index contributed by atoms with van der Waals surface area (Å²) in [5, 5.41) is 16.1. The molecule has 3 heterocycles. The van der Waals surface area contributed by atoms with Crippen LogP contribution < -0.4 is 10.6 Å². The minimum Gasteiger partial charge on any atom is -0.349 e. The van der Waals surface area contributed by atoms with E-state index >= 15 is 0 Å². The molecule has 20 heavy (non-hydrogen) atoms. The Kier molecular flexibility index (Phi) is 3.68. The van der Waals surface area contributed by atoms with Crippen molar-refractivity contribution in [3.63, 3.8) is 0 Å². The third-order valence-corrected chi connectivity index (χ3v) is 3.12. The van der Waals surface area contributed by atoms with E-state index in [4.69, 9.17) is 4.52 Å². The Hall–Kier alpha value is -2.29. The molecular formula is C11H15N7O2. The molecule has 0 spiro atoms. The van der Waals surface area contributed by atoms with Crippen molar-refractivity contribution < 1.29 is 9.32 Å². The van der Waals surface area contributed by atoms with Crippen LogP contribution in [-0.2, 0) is 6.42 Å². The fourth-order valence-electron chi connectivity index (χ4n) is 2.09. The number of nitrogens with one attached hydrogen (secondary N) is 3. The van der Waals surface area contributed by atoms with Gasteiger partial charge < -0.3 is 15.2 Å². The minimum atomic E-state index is -0.350. The summed E-state index contributed by atoms with van der Waals surface area (Å²) in [6, 6.07) is 0.0678. The number of aromatic nitrogens is 5. The maximum Gasteiger partial charge on any atom is 0.292 e. The van der Waals surface area contributed by atoms with E-state index in [1.165, 1.54) is 6.33 Å². The number of carbonyl (C=O) groups is 1. The van der Waals surface area contributed by atoms with E-state index in [1.54, 1.807) is 0 Å². The van der Waals surface area contributed by atoms with Crippen LogP contribution in [0.1, 0.15) is 41.2 Å². The van der Waals surface area contributed by atoms with Crippen LogP contribution in [0.4, 0.5) is 0 Å². The topological polar surface area (TPSA) is 122 Å². The van der Waals surface area contributed by atoms with Gasteiger partial charge in [0.2, 0.25) is 5.89 Å². The van der Waals surface area contributed by atoms with Crippen LogP contribution in [0.3, 0.4) is 0 Å². The first kappa shape index (κ1) is 12.7. The summed E-state index contributed by atoms with van der Waals surface area (Å²) >= 11 is 0. The minimum absolute atomic E-state index is 0.0614. The molecule has 0 bridgehead atoms. The summed E-state index contributed by atoms with van der Waals surface area (Å²) in [5.41, 5.74) is 0. The molecule has 1 fully saturated rings. The first-order valence-corrected chi connectivity index (χ1v) is 6.52. The zero-order chi connectivity index (χ0) is 13.8. The fourth-order valence-corrected chi connectivity index (χ4v) is 2.09. The molecular weight excluding hydrogens is 262 g/mol. The van der Waals surface area contributed by atoms with Crippen LogP contribution in [-0.4, -0.2) is 44.3 Å². The van der Waals surface area contributed by atoms with Crippen LogP contribution in [0.25, 0.3) is 0 Å². The lowest BCUT2D eigenvalue weighted by molar-refractivity contribution is 0.0940. The second-order valence-corrected chi connectivity index (χ2v) is 4.54. The molecule has 1 aliphatic heterocycles. The quantitative estimate of drug-likeness (QED) is 0.678. The Morgan fingerprint density at radius 1 is 1.55 bits per heavy atom. The lowest BCUT2D eigenvalue weighted by atomic mass is 10.2. The lowest BCUT2D eigenvalue weighted by Gasteiger charge is -2.01. The molecule has 1 amide bonds. The van der Waals surface area contributed by atoms with Crippen molar-refractivity contribution in [3.05, 3.63) is 23.9 Å². The van der Waals surface area contributed by atoms with Gasteiger partial charge in [0.15, 0.2) is 0 Å². The van der Waals surface area contributed by atoms with Crippen molar-refractivity contribution in [2.24, 2.45) is 0 Å². The summed E-state index contributed by atoms with van der Waals surface area (Å²) < 4.78 is 5.11. The van der Waals surface area contributed by atoms with Crippen LogP contribution in [0.5, 0.6) is 0 Å². The standard InChI is InChI=1S/C11H15N7O2/c19-10(13-5-3-8-14-6-15-17-8)9-16-11(20-18-9)7-2-1-4-12-7/h6-7,12H,1-5H2,(H,13,19)(H,14,15,17). The fraction of sp³-hybridized carbons (Fsp3) is 0.545. The summed E-state index contributed by atoms with van der Waals surface area (Å²) in [4.78, 5) is 19.9. The molecule has 2 aromatic heterocycles. The number of hydrogen-bond donors (Lipinski definition) is 3. The zero-order valence-electron chi connectivity index (χ0n) is 10.8. The van der Waals surface area contributed by atoms with E-state index in [9.17, 15) is 4.79 Å². The Morgan fingerprint density at radius 3 is 3.25 bits per heavy atom. The van der Waals surface area contributed by atoms with Gasteiger partial charge in [0.05, 0.1) is 6.04 Å². The van der Waals surface area contributed by atoms with E-state index in [0.717, 1.165) is 19.4 Å². The number of aromatic amines is 1. The van der Waals surface area contributed by atoms with Crippen molar-refractivity contribution in [2.75, 3.05) is 13.1 Å². The highest BCUT2D eigenvalue weighted by molar-refractivity contribution is 5.90. The molecule has 0 radical (unpaired) electrons. The van der Waals surface area contributed by atoms with E-state index < -0.39 is 0 Å². The van der Waals surface area contributed by atoms with Crippen molar-refractivity contribution >= 4 is 5.91 Å². The number of nitrogens with zero attached hydrogens (tertiary/aromatic N) is 4. The summed E-state index contributed by atoms with van der Waals surface area (Å²) in [6.45, 7) is 1.37. The summed E-state index contributed by atoms with van der Waals surface area (Å²) in [7, 11) is 0.